The van der Waals surface area contributed by atoms with Gasteiger partial charge in [-0.1, -0.05) is 41.6 Å². The molecule has 2 nitrogen and oxygen atoms in total. The van der Waals surface area contributed by atoms with Gasteiger partial charge < -0.3 is 10.2 Å². The van der Waals surface area contributed by atoms with Crippen LogP contribution < -0.4 is 5.30 Å². The monoisotopic (exact) mass is 216 g/mol. The number of aryl methyl sites for hydroxylation is 1. The molecule has 0 spiro atoms. The third-order valence-electron chi connectivity index (χ3n) is 1.93. The van der Waals surface area contributed by atoms with Gasteiger partial charge in [-0.3, -0.25) is 0 Å². The number of hydrogen-bond donors (Lipinski definition) is 2. The number of aliphatic hydroxyl groups is 2. The standard InChI is InChI=1S/C9H13O2PS/c1-8-3-2-4-9(5-8)12(13,6-10)7-11/h2-5,10-11H,6-7H2,1H3. The Kier molecular flexibility index (Phi) is 3.63. The lowest BCUT2D eigenvalue weighted by atomic mass is 10.2. The van der Waals surface area contributed by atoms with Gasteiger partial charge in [-0.25, -0.2) is 0 Å². The Bertz CT molecular complexity index is 330. The van der Waals surface area contributed by atoms with Crippen molar-refractivity contribution in [2.75, 3.05) is 12.7 Å². The molecule has 0 bridgehead atoms. The number of aliphatic hydroxyl groups excluding tert-OH is 2. The van der Waals surface area contributed by atoms with Crippen LogP contribution in [-0.2, 0) is 11.8 Å². The van der Waals surface area contributed by atoms with Gasteiger partial charge in [0.05, 0.1) is 12.7 Å². The molecular weight excluding hydrogens is 203 g/mol. The minimum Gasteiger partial charge on any atom is -0.391 e. The van der Waals surface area contributed by atoms with E-state index in [0.29, 0.717) is 0 Å². The summed E-state index contributed by atoms with van der Waals surface area (Å²) in [5, 5.41) is 19.1. The zero-order valence-corrected chi connectivity index (χ0v) is 9.18. The molecule has 1 aromatic carbocycles. The molecule has 1 aromatic rings. The largest absolute Gasteiger partial charge is 0.391 e. The fraction of sp³-hybridized carbons (Fsp3) is 0.333. The fourth-order valence-electron chi connectivity index (χ4n) is 1.09. The lowest BCUT2D eigenvalue weighted by Crippen LogP contribution is -2.10. The highest BCUT2D eigenvalue weighted by Gasteiger charge is 2.16. The summed E-state index contributed by atoms with van der Waals surface area (Å²) in [4.78, 5) is 0. The second-order valence-corrected chi connectivity index (χ2v) is 7.97. The second-order valence-electron chi connectivity index (χ2n) is 3.01. The second kappa shape index (κ2) is 4.34. The van der Waals surface area contributed by atoms with Crippen molar-refractivity contribution in [3.05, 3.63) is 29.8 Å². The Morgan fingerprint density at radius 1 is 1.31 bits per heavy atom. The van der Waals surface area contributed by atoms with Crippen LogP contribution in [0.2, 0.25) is 0 Å². The summed E-state index contributed by atoms with van der Waals surface area (Å²) in [5.41, 5.74) is 1.11. The summed E-state index contributed by atoms with van der Waals surface area (Å²) < 4.78 is 0. The number of rotatable bonds is 3. The zero-order valence-electron chi connectivity index (χ0n) is 7.47. The smallest absolute Gasteiger partial charge is 0.0776 e. The first-order valence-corrected chi connectivity index (χ1v) is 7.17. The molecule has 0 radical (unpaired) electrons. The van der Waals surface area contributed by atoms with E-state index in [-0.39, 0.29) is 12.7 Å². The molecule has 4 heteroatoms. The van der Waals surface area contributed by atoms with Crippen LogP contribution in [0.3, 0.4) is 0 Å². The lowest BCUT2D eigenvalue weighted by molar-refractivity contribution is 0.345. The molecule has 72 valence electrons. The van der Waals surface area contributed by atoms with Crippen LogP contribution >= 0.6 is 6.04 Å². The molecule has 1 rings (SSSR count). The van der Waals surface area contributed by atoms with Gasteiger partial charge in [0.25, 0.3) is 0 Å². The van der Waals surface area contributed by atoms with Crippen molar-refractivity contribution in [1.82, 2.24) is 0 Å². The molecular formula is C9H13O2PS. The fourth-order valence-corrected chi connectivity index (χ4v) is 2.64. The minimum absolute atomic E-state index is 0.109. The molecule has 2 N–H and O–H groups in total. The summed E-state index contributed by atoms with van der Waals surface area (Å²) in [6.07, 6.45) is -0.218. The van der Waals surface area contributed by atoms with Gasteiger partial charge in [-0.15, -0.1) is 0 Å². The van der Waals surface area contributed by atoms with Crippen molar-refractivity contribution in [3.63, 3.8) is 0 Å². The van der Waals surface area contributed by atoms with Crippen molar-refractivity contribution in [3.8, 4) is 0 Å². The molecule has 0 aliphatic heterocycles. The molecule has 0 atom stereocenters. The molecule has 0 heterocycles. The summed E-state index contributed by atoms with van der Waals surface area (Å²) in [6, 6.07) is 5.57. The Morgan fingerprint density at radius 2 is 1.92 bits per heavy atom. The normalized spacial score (nSPS) is 11.6. The zero-order chi connectivity index (χ0) is 9.90. The van der Waals surface area contributed by atoms with Crippen molar-refractivity contribution in [2.24, 2.45) is 0 Å². The summed E-state index contributed by atoms with van der Waals surface area (Å²) in [5.74, 6) is 0. The highest BCUT2D eigenvalue weighted by Crippen LogP contribution is 2.42. The van der Waals surface area contributed by atoms with Gasteiger partial charge in [0.2, 0.25) is 0 Å². The van der Waals surface area contributed by atoms with Crippen LogP contribution in [0.25, 0.3) is 0 Å². The quantitative estimate of drug-likeness (QED) is 0.740. The Labute approximate surface area is 83.2 Å². The first-order chi connectivity index (χ1) is 6.12. The molecule has 0 unspecified atom stereocenters. The number of hydrogen-bond acceptors (Lipinski definition) is 3. The van der Waals surface area contributed by atoms with E-state index in [1.807, 2.05) is 31.2 Å². The first kappa shape index (κ1) is 10.9. The first-order valence-electron chi connectivity index (χ1n) is 3.99. The maximum atomic E-state index is 9.11. The lowest BCUT2D eigenvalue weighted by Gasteiger charge is -2.16. The Morgan fingerprint density at radius 3 is 2.38 bits per heavy atom. The highest BCUT2D eigenvalue weighted by atomic mass is 32.4. The van der Waals surface area contributed by atoms with Crippen molar-refractivity contribution in [1.29, 1.82) is 0 Å². The minimum atomic E-state index is -2.12. The van der Waals surface area contributed by atoms with Crippen molar-refractivity contribution in [2.45, 2.75) is 6.92 Å². The van der Waals surface area contributed by atoms with Crippen LogP contribution in [-0.4, -0.2) is 22.9 Å². The average Bonchev–Trinajstić information content (AvgIpc) is 2.17. The predicted octanol–water partition coefficient (Wildman–Crippen LogP) is 0.999. The van der Waals surface area contributed by atoms with Crippen molar-refractivity contribution < 1.29 is 10.2 Å². The van der Waals surface area contributed by atoms with E-state index in [2.05, 4.69) is 0 Å². The Balaban J connectivity index is 3.13. The van der Waals surface area contributed by atoms with E-state index < -0.39 is 6.04 Å². The maximum Gasteiger partial charge on any atom is 0.0776 e. The maximum absolute atomic E-state index is 9.11. The average molecular weight is 216 g/mol. The molecule has 0 aromatic heterocycles. The molecule has 0 fully saturated rings. The summed E-state index contributed by atoms with van der Waals surface area (Å²) in [6.45, 7) is 1.97. The molecule has 0 saturated carbocycles. The summed E-state index contributed by atoms with van der Waals surface area (Å²) in [7, 11) is 0. The third-order valence-corrected chi connectivity index (χ3v) is 5.39. The van der Waals surface area contributed by atoms with Gasteiger partial charge in [0.1, 0.15) is 0 Å². The summed E-state index contributed by atoms with van der Waals surface area (Å²) >= 11 is 5.24. The van der Waals surface area contributed by atoms with Gasteiger partial charge in [0.15, 0.2) is 0 Å². The highest BCUT2D eigenvalue weighted by molar-refractivity contribution is 8.18. The van der Waals surface area contributed by atoms with Crippen LogP contribution in [0, 0.1) is 6.92 Å². The van der Waals surface area contributed by atoms with Crippen LogP contribution in [0.5, 0.6) is 0 Å². The molecule has 0 aliphatic carbocycles. The van der Waals surface area contributed by atoms with Gasteiger partial charge in [-0.2, -0.15) is 0 Å². The van der Waals surface area contributed by atoms with Crippen LogP contribution in [0.4, 0.5) is 0 Å². The van der Waals surface area contributed by atoms with Crippen LogP contribution in [0.15, 0.2) is 24.3 Å². The molecule has 0 amide bonds. The predicted molar refractivity (Wildman–Crippen MR) is 59.3 cm³/mol. The SMILES string of the molecule is Cc1cccc(P(=S)(CO)CO)c1. The molecule has 13 heavy (non-hydrogen) atoms. The van der Waals surface area contributed by atoms with E-state index in [9.17, 15) is 0 Å². The van der Waals surface area contributed by atoms with Gasteiger partial charge in [-0.05, 0) is 12.2 Å². The van der Waals surface area contributed by atoms with E-state index in [0.717, 1.165) is 10.9 Å². The van der Waals surface area contributed by atoms with E-state index in [1.165, 1.54) is 0 Å². The van der Waals surface area contributed by atoms with Crippen molar-refractivity contribution >= 4 is 23.1 Å². The molecule has 0 saturated heterocycles. The number of benzene rings is 1. The van der Waals surface area contributed by atoms with Gasteiger partial charge >= 0.3 is 0 Å². The third kappa shape index (κ3) is 2.38. The topological polar surface area (TPSA) is 40.5 Å². The Hall–Kier alpha value is -0.210. The molecule has 0 aliphatic rings. The van der Waals surface area contributed by atoms with E-state index in [4.69, 9.17) is 22.0 Å². The van der Waals surface area contributed by atoms with E-state index >= 15 is 0 Å². The van der Waals surface area contributed by atoms with Gasteiger partial charge in [0, 0.05) is 6.04 Å². The van der Waals surface area contributed by atoms with Crippen LogP contribution in [0.1, 0.15) is 5.56 Å². The van der Waals surface area contributed by atoms with E-state index in [1.54, 1.807) is 0 Å².